The predicted molar refractivity (Wildman–Crippen MR) is 402 cm³/mol. The second-order valence-corrected chi connectivity index (χ2v) is 25.4. The first-order chi connectivity index (χ1) is 47.7. The molecule has 0 amide bonds. The first-order valence-electron chi connectivity index (χ1n) is 33.1. The van der Waals surface area contributed by atoms with Crippen molar-refractivity contribution in [3.05, 3.63) is 346 Å². The Bertz CT molecular complexity index is 5850. The molecule has 17 aromatic rings. The molecule has 6 heteroatoms. The minimum Gasteiger partial charge on any atom is -0.456 e. The minimum atomic E-state index is -0.311. The fourth-order valence-corrected chi connectivity index (χ4v) is 16.2. The summed E-state index contributed by atoms with van der Waals surface area (Å²) >= 11 is 0. The Morgan fingerprint density at radius 2 is 0.646 bits per heavy atom. The van der Waals surface area contributed by atoms with Gasteiger partial charge in [0.05, 0.1) is 39.1 Å². The number of aromatic nitrogens is 2. The molecule has 0 aliphatic carbocycles. The van der Waals surface area contributed by atoms with E-state index in [0.29, 0.717) is 0 Å². The van der Waals surface area contributed by atoms with Crippen LogP contribution in [0.25, 0.3) is 122 Å². The molecule has 15 aromatic carbocycles. The van der Waals surface area contributed by atoms with Crippen molar-refractivity contribution < 1.29 is 4.74 Å². The Hall–Kier alpha value is -12.6. The standard InChI is InChI=1S/C90H57BN4O/c1-5-26-58(27-6-1)62-48-51-82-74(52-62)72-38-17-23-46-86(72)96-87-47-24-18-39-73(87)75-53-63(59-28-7-2-8-29-59)54-77-90(75)94(82)84-56-65(93-80-44-21-15-36-70(80)71-37-16-22-45-81(71)93)57-85-88(84)91(77)76-50-49-64(92-78-42-19-13-34-68(78)69-35-14-20-43-79(69)92)55-83(76)95(85)89-66(60-30-9-3-10-31-60)40-25-41-67(89)61-32-11-4-12-33-61/h1-57H. The van der Waals surface area contributed by atoms with Crippen molar-refractivity contribution in [2.45, 2.75) is 0 Å². The van der Waals surface area contributed by atoms with E-state index in [1.54, 1.807) is 0 Å². The van der Waals surface area contributed by atoms with Gasteiger partial charge in [0.2, 0.25) is 0 Å². The molecule has 0 atom stereocenters. The molecule has 0 bridgehead atoms. The molecule has 0 saturated carbocycles. The highest BCUT2D eigenvalue weighted by atomic mass is 16.5. The van der Waals surface area contributed by atoms with Gasteiger partial charge in [-0.2, -0.15) is 0 Å². The van der Waals surface area contributed by atoms with Crippen LogP contribution in [0, 0.1) is 0 Å². The molecule has 96 heavy (non-hydrogen) atoms. The van der Waals surface area contributed by atoms with Crippen molar-refractivity contribution in [1.29, 1.82) is 0 Å². The lowest BCUT2D eigenvalue weighted by atomic mass is 9.33. The lowest BCUT2D eigenvalue weighted by molar-refractivity contribution is 0.486. The smallest absolute Gasteiger partial charge is 0.252 e. The number of hydrogen-bond acceptors (Lipinski definition) is 3. The van der Waals surface area contributed by atoms with Gasteiger partial charge in [-0.3, -0.25) is 0 Å². The van der Waals surface area contributed by atoms with Crippen LogP contribution < -0.4 is 30.9 Å². The number of para-hydroxylation sites is 7. The Kier molecular flexibility index (Phi) is 12.1. The highest BCUT2D eigenvalue weighted by Gasteiger charge is 2.47. The topological polar surface area (TPSA) is 25.6 Å². The molecule has 3 aliphatic rings. The maximum atomic E-state index is 7.45. The first kappa shape index (κ1) is 54.0. The second-order valence-electron chi connectivity index (χ2n) is 25.4. The average molecular weight is 1220 g/mol. The van der Waals surface area contributed by atoms with Crippen molar-refractivity contribution >= 4 is 101 Å². The van der Waals surface area contributed by atoms with Crippen LogP contribution in [0.1, 0.15) is 0 Å². The Morgan fingerprint density at radius 1 is 0.229 bits per heavy atom. The highest BCUT2D eigenvalue weighted by molar-refractivity contribution is 7.00. The van der Waals surface area contributed by atoms with E-state index < -0.39 is 0 Å². The summed E-state index contributed by atoms with van der Waals surface area (Å²) < 4.78 is 12.4. The molecule has 0 saturated heterocycles. The molecule has 446 valence electrons. The van der Waals surface area contributed by atoms with Crippen LogP contribution in [0.15, 0.2) is 346 Å². The molecular weight excluding hydrogens is 1160 g/mol. The van der Waals surface area contributed by atoms with E-state index in [4.69, 9.17) is 4.74 Å². The average Bonchev–Trinajstić information content (AvgIpc) is 0.717. The third-order valence-corrected chi connectivity index (χ3v) is 20.3. The van der Waals surface area contributed by atoms with Crippen molar-refractivity contribution in [3.63, 3.8) is 0 Å². The fraction of sp³-hybridized carbons (Fsp3) is 0. The zero-order chi connectivity index (χ0) is 63.0. The molecule has 0 spiro atoms. The van der Waals surface area contributed by atoms with E-state index in [1.807, 2.05) is 0 Å². The van der Waals surface area contributed by atoms with Gasteiger partial charge in [0.1, 0.15) is 11.5 Å². The van der Waals surface area contributed by atoms with Gasteiger partial charge in [0.15, 0.2) is 0 Å². The summed E-state index contributed by atoms with van der Waals surface area (Å²) in [5.41, 5.74) is 29.9. The predicted octanol–water partition coefficient (Wildman–Crippen LogP) is 22.1. The number of ether oxygens (including phenoxy) is 1. The quantitative estimate of drug-likeness (QED) is 0.149. The summed E-state index contributed by atoms with van der Waals surface area (Å²) in [6, 6.07) is 128. The van der Waals surface area contributed by atoms with E-state index in [9.17, 15) is 0 Å². The van der Waals surface area contributed by atoms with Crippen LogP contribution in [0.4, 0.5) is 34.1 Å². The van der Waals surface area contributed by atoms with Crippen LogP contribution in [0.2, 0.25) is 0 Å². The van der Waals surface area contributed by atoms with Crippen LogP contribution in [0.3, 0.4) is 0 Å². The van der Waals surface area contributed by atoms with Gasteiger partial charge in [-0.15, -0.1) is 0 Å². The summed E-state index contributed by atoms with van der Waals surface area (Å²) in [4.78, 5) is 5.34. The monoisotopic (exact) mass is 1220 g/mol. The number of nitrogens with zero attached hydrogens (tertiary/aromatic N) is 4. The summed E-state index contributed by atoms with van der Waals surface area (Å²) in [7, 11) is 0. The van der Waals surface area contributed by atoms with Gasteiger partial charge in [-0.1, -0.05) is 267 Å². The minimum absolute atomic E-state index is 0.311. The maximum absolute atomic E-state index is 7.45. The lowest BCUT2D eigenvalue weighted by Crippen LogP contribution is -2.61. The van der Waals surface area contributed by atoms with E-state index in [0.717, 1.165) is 146 Å². The molecule has 5 heterocycles. The number of rotatable bonds is 7. The lowest BCUT2D eigenvalue weighted by Gasteiger charge is -2.46. The van der Waals surface area contributed by atoms with E-state index in [1.165, 1.54) is 37.9 Å². The molecule has 3 aliphatic heterocycles. The maximum Gasteiger partial charge on any atom is 0.252 e. The van der Waals surface area contributed by atoms with E-state index >= 15 is 0 Å². The van der Waals surface area contributed by atoms with Crippen LogP contribution in [0.5, 0.6) is 11.5 Å². The number of hydrogen-bond donors (Lipinski definition) is 0. The molecule has 5 nitrogen and oxygen atoms in total. The van der Waals surface area contributed by atoms with Crippen LogP contribution in [-0.2, 0) is 0 Å². The van der Waals surface area contributed by atoms with Gasteiger partial charge in [0.25, 0.3) is 6.71 Å². The van der Waals surface area contributed by atoms with Crippen molar-refractivity contribution in [1.82, 2.24) is 9.13 Å². The Labute approximate surface area is 556 Å². The highest BCUT2D eigenvalue weighted by Crippen LogP contribution is 2.56. The fourth-order valence-electron chi connectivity index (χ4n) is 16.2. The van der Waals surface area contributed by atoms with Gasteiger partial charge in [-0.25, -0.2) is 0 Å². The largest absolute Gasteiger partial charge is 0.456 e. The molecular formula is C90H57BN4O. The molecule has 0 N–H and O–H groups in total. The summed E-state index contributed by atoms with van der Waals surface area (Å²) in [6.45, 7) is -0.311. The van der Waals surface area contributed by atoms with Gasteiger partial charge < -0.3 is 23.7 Å². The number of fused-ring (bicyclic) bond motifs is 16. The zero-order valence-electron chi connectivity index (χ0n) is 52.2. The normalized spacial score (nSPS) is 12.6. The van der Waals surface area contributed by atoms with E-state index in [2.05, 4.69) is 365 Å². The van der Waals surface area contributed by atoms with Crippen molar-refractivity contribution in [3.8, 4) is 89.6 Å². The van der Waals surface area contributed by atoms with Crippen molar-refractivity contribution in [2.24, 2.45) is 0 Å². The second kappa shape index (κ2) is 21.5. The van der Waals surface area contributed by atoms with Gasteiger partial charge >= 0.3 is 0 Å². The molecule has 0 fully saturated rings. The first-order valence-corrected chi connectivity index (χ1v) is 33.1. The Balaban J connectivity index is 1.00. The van der Waals surface area contributed by atoms with Gasteiger partial charge in [-0.05, 0) is 129 Å². The Morgan fingerprint density at radius 3 is 1.19 bits per heavy atom. The third-order valence-electron chi connectivity index (χ3n) is 20.3. The van der Waals surface area contributed by atoms with Crippen LogP contribution >= 0.6 is 0 Å². The number of anilines is 6. The van der Waals surface area contributed by atoms with E-state index in [-0.39, 0.29) is 6.71 Å². The molecule has 0 unspecified atom stereocenters. The summed E-state index contributed by atoms with van der Waals surface area (Å²) in [5.74, 6) is 1.56. The summed E-state index contributed by atoms with van der Waals surface area (Å²) in [5, 5.41) is 4.83. The third kappa shape index (κ3) is 8.19. The molecule has 0 radical (unpaired) electrons. The van der Waals surface area contributed by atoms with Gasteiger partial charge in [0, 0.05) is 83.4 Å². The summed E-state index contributed by atoms with van der Waals surface area (Å²) in [6.07, 6.45) is 0. The number of benzene rings is 15. The zero-order valence-corrected chi connectivity index (χ0v) is 52.2. The van der Waals surface area contributed by atoms with Crippen molar-refractivity contribution in [2.75, 3.05) is 9.80 Å². The molecule has 2 aromatic heterocycles. The molecule has 20 rings (SSSR count). The SMILES string of the molecule is c1ccc(-c2ccc3c(c2)-c2ccccc2Oc2ccccc2-c2cc(-c4ccccc4)cc4c2N3c2cc(-n3c5ccccc5c5ccccc53)cc3c2B4c2ccc(-n4c5ccccc5c5ccccc54)cc2N3c2c(-c3ccccc3)cccc2-c2ccccc2)cc1. The van der Waals surface area contributed by atoms with Crippen LogP contribution in [-0.4, -0.2) is 15.8 Å².